The molecular weight excluding hydrogens is 243 g/mol. The number of hydrogen-bond acceptors (Lipinski definition) is 2. The minimum Gasteiger partial charge on any atom is -0.387 e. The van der Waals surface area contributed by atoms with E-state index in [2.05, 4.69) is 0 Å². The van der Waals surface area contributed by atoms with E-state index in [1.54, 1.807) is 0 Å². The first kappa shape index (κ1) is 15.0. The molecule has 0 spiro atoms. The molecule has 1 aromatic rings. The molecule has 0 aromatic heterocycles. The summed E-state index contributed by atoms with van der Waals surface area (Å²) in [4.78, 5) is 0. The highest BCUT2D eigenvalue weighted by Crippen LogP contribution is 2.31. The Morgan fingerprint density at radius 2 is 1.89 bits per heavy atom. The maximum Gasteiger partial charge on any atom is 0.416 e. The number of hydrogen-bond donors (Lipinski definition) is 2. The molecule has 2 unspecified atom stereocenters. The van der Waals surface area contributed by atoms with Gasteiger partial charge in [-0.3, -0.25) is 0 Å². The van der Waals surface area contributed by atoms with Gasteiger partial charge in [-0.2, -0.15) is 13.2 Å². The lowest BCUT2D eigenvalue weighted by Gasteiger charge is -2.21. The number of halogens is 3. The maximum atomic E-state index is 12.5. The molecule has 0 aliphatic heterocycles. The van der Waals surface area contributed by atoms with Crippen LogP contribution in [-0.2, 0) is 6.18 Å². The largest absolute Gasteiger partial charge is 0.416 e. The highest BCUT2D eigenvalue weighted by molar-refractivity contribution is 5.27. The third kappa shape index (κ3) is 3.99. The minimum atomic E-state index is -4.40. The van der Waals surface area contributed by atoms with Crippen molar-refractivity contribution in [1.82, 2.24) is 0 Å². The molecule has 0 radical (unpaired) electrons. The van der Waals surface area contributed by atoms with Crippen LogP contribution in [0, 0.1) is 5.92 Å². The fourth-order valence-electron chi connectivity index (χ4n) is 1.82. The average molecular weight is 261 g/mol. The van der Waals surface area contributed by atoms with Crippen LogP contribution in [0.4, 0.5) is 13.2 Å². The standard InChI is InChI=1S/C13H18F3NO/c1-8(2)6-11(17)12(18)9-4-3-5-10(7-9)13(14,15)16/h3-5,7-8,11-12,18H,6,17H2,1-2H3. The molecule has 0 saturated heterocycles. The van der Waals surface area contributed by atoms with E-state index < -0.39 is 23.9 Å². The maximum absolute atomic E-state index is 12.5. The Labute approximate surface area is 105 Å². The van der Waals surface area contributed by atoms with Crippen molar-refractivity contribution in [2.75, 3.05) is 0 Å². The second-order valence-electron chi connectivity index (χ2n) is 4.86. The van der Waals surface area contributed by atoms with Crippen molar-refractivity contribution in [1.29, 1.82) is 0 Å². The fourth-order valence-corrected chi connectivity index (χ4v) is 1.82. The van der Waals surface area contributed by atoms with Gasteiger partial charge in [0, 0.05) is 6.04 Å². The molecule has 2 nitrogen and oxygen atoms in total. The predicted octanol–water partition coefficient (Wildman–Crippen LogP) is 3.11. The zero-order valence-electron chi connectivity index (χ0n) is 10.4. The summed E-state index contributed by atoms with van der Waals surface area (Å²) in [6.45, 7) is 3.89. The molecule has 102 valence electrons. The molecule has 0 heterocycles. The molecule has 18 heavy (non-hydrogen) atoms. The summed E-state index contributed by atoms with van der Waals surface area (Å²) in [6.07, 6.45) is -4.93. The van der Waals surface area contributed by atoms with Gasteiger partial charge in [-0.15, -0.1) is 0 Å². The summed E-state index contributed by atoms with van der Waals surface area (Å²) in [5.74, 6) is 0.278. The summed E-state index contributed by atoms with van der Waals surface area (Å²) >= 11 is 0. The Bertz CT molecular complexity index is 390. The van der Waals surface area contributed by atoms with Gasteiger partial charge >= 0.3 is 6.18 Å². The van der Waals surface area contributed by atoms with E-state index in [1.807, 2.05) is 13.8 Å². The quantitative estimate of drug-likeness (QED) is 0.874. The van der Waals surface area contributed by atoms with Gasteiger partial charge in [-0.05, 0) is 30.0 Å². The van der Waals surface area contributed by atoms with Crippen LogP contribution in [0.3, 0.4) is 0 Å². The highest BCUT2D eigenvalue weighted by atomic mass is 19.4. The zero-order chi connectivity index (χ0) is 13.9. The SMILES string of the molecule is CC(C)CC(N)C(O)c1cccc(C(F)(F)F)c1. The molecule has 0 saturated carbocycles. The Kier molecular flexibility index (Phi) is 4.76. The normalized spacial score (nSPS) is 15.8. The molecule has 0 aliphatic rings. The molecule has 1 rings (SSSR count). The van der Waals surface area contributed by atoms with E-state index in [1.165, 1.54) is 12.1 Å². The van der Waals surface area contributed by atoms with Crippen LogP contribution < -0.4 is 5.73 Å². The third-order valence-corrected chi connectivity index (χ3v) is 2.70. The Balaban J connectivity index is 2.89. The van der Waals surface area contributed by atoms with Crippen molar-refractivity contribution in [3.05, 3.63) is 35.4 Å². The molecule has 3 N–H and O–H groups in total. The second-order valence-corrected chi connectivity index (χ2v) is 4.86. The highest BCUT2D eigenvalue weighted by Gasteiger charge is 2.31. The van der Waals surface area contributed by atoms with E-state index in [4.69, 9.17) is 5.73 Å². The summed E-state index contributed by atoms with van der Waals surface area (Å²) in [7, 11) is 0. The van der Waals surface area contributed by atoms with Gasteiger partial charge in [0.2, 0.25) is 0 Å². The average Bonchev–Trinajstić information content (AvgIpc) is 2.26. The van der Waals surface area contributed by atoms with Gasteiger partial charge in [0.15, 0.2) is 0 Å². The monoisotopic (exact) mass is 261 g/mol. The number of aliphatic hydroxyl groups is 1. The van der Waals surface area contributed by atoms with Gasteiger partial charge in [0.1, 0.15) is 0 Å². The van der Waals surface area contributed by atoms with Crippen molar-refractivity contribution in [2.45, 2.75) is 38.6 Å². The van der Waals surface area contributed by atoms with Crippen LogP contribution in [0.5, 0.6) is 0 Å². The Morgan fingerprint density at radius 3 is 2.39 bits per heavy atom. The van der Waals surface area contributed by atoms with Crippen molar-refractivity contribution >= 4 is 0 Å². The lowest BCUT2D eigenvalue weighted by Crippen LogP contribution is -2.30. The van der Waals surface area contributed by atoms with Crippen molar-refractivity contribution in [3.63, 3.8) is 0 Å². The topological polar surface area (TPSA) is 46.2 Å². The van der Waals surface area contributed by atoms with Gasteiger partial charge in [-0.25, -0.2) is 0 Å². The summed E-state index contributed by atoms with van der Waals surface area (Å²) < 4.78 is 37.6. The lowest BCUT2D eigenvalue weighted by atomic mass is 9.94. The first-order valence-corrected chi connectivity index (χ1v) is 5.82. The minimum absolute atomic E-state index is 0.206. The molecule has 2 atom stereocenters. The van der Waals surface area contributed by atoms with Gasteiger partial charge in [0.05, 0.1) is 11.7 Å². The fraction of sp³-hybridized carbons (Fsp3) is 0.538. The van der Waals surface area contributed by atoms with Crippen molar-refractivity contribution < 1.29 is 18.3 Å². The van der Waals surface area contributed by atoms with Crippen LogP contribution in [-0.4, -0.2) is 11.1 Å². The van der Waals surface area contributed by atoms with E-state index in [-0.39, 0.29) is 11.5 Å². The van der Waals surface area contributed by atoms with Crippen LogP contribution >= 0.6 is 0 Å². The third-order valence-electron chi connectivity index (χ3n) is 2.70. The van der Waals surface area contributed by atoms with E-state index in [0.29, 0.717) is 6.42 Å². The van der Waals surface area contributed by atoms with Gasteiger partial charge < -0.3 is 10.8 Å². The van der Waals surface area contributed by atoms with Crippen LogP contribution in [0.15, 0.2) is 24.3 Å². The summed E-state index contributed by atoms with van der Waals surface area (Å²) in [5, 5.41) is 9.94. The van der Waals surface area contributed by atoms with Crippen LogP contribution in [0.2, 0.25) is 0 Å². The summed E-state index contributed by atoms with van der Waals surface area (Å²) in [6, 6.07) is 4.10. The number of benzene rings is 1. The molecule has 0 bridgehead atoms. The van der Waals surface area contributed by atoms with Crippen LogP contribution in [0.25, 0.3) is 0 Å². The Hall–Kier alpha value is -1.07. The summed E-state index contributed by atoms with van der Waals surface area (Å²) in [5.41, 5.74) is 5.22. The molecule has 1 aromatic carbocycles. The zero-order valence-corrected chi connectivity index (χ0v) is 10.4. The van der Waals surface area contributed by atoms with Gasteiger partial charge in [0.25, 0.3) is 0 Å². The number of rotatable bonds is 4. The van der Waals surface area contributed by atoms with Crippen molar-refractivity contribution in [2.24, 2.45) is 11.7 Å². The molecule has 0 aliphatic carbocycles. The first-order chi connectivity index (χ1) is 8.21. The first-order valence-electron chi connectivity index (χ1n) is 5.82. The predicted molar refractivity (Wildman–Crippen MR) is 63.8 cm³/mol. The molecule has 0 amide bonds. The molecule has 5 heteroatoms. The second kappa shape index (κ2) is 5.71. The molecule has 0 fully saturated rings. The smallest absolute Gasteiger partial charge is 0.387 e. The van der Waals surface area contributed by atoms with E-state index in [9.17, 15) is 18.3 Å². The number of nitrogens with two attached hydrogens (primary N) is 1. The van der Waals surface area contributed by atoms with E-state index in [0.717, 1.165) is 12.1 Å². The lowest BCUT2D eigenvalue weighted by molar-refractivity contribution is -0.137. The van der Waals surface area contributed by atoms with E-state index >= 15 is 0 Å². The number of aliphatic hydroxyl groups excluding tert-OH is 1. The van der Waals surface area contributed by atoms with Gasteiger partial charge in [-0.1, -0.05) is 26.0 Å². The number of alkyl halides is 3. The van der Waals surface area contributed by atoms with Crippen LogP contribution in [0.1, 0.15) is 37.5 Å². The van der Waals surface area contributed by atoms with Crippen molar-refractivity contribution in [3.8, 4) is 0 Å². The molecular formula is C13H18F3NO. The Morgan fingerprint density at radius 1 is 1.28 bits per heavy atom.